The third-order valence-corrected chi connectivity index (χ3v) is 4.83. The van der Waals surface area contributed by atoms with Crippen LogP contribution in [0.3, 0.4) is 0 Å². The predicted octanol–water partition coefficient (Wildman–Crippen LogP) is 6.75. The van der Waals surface area contributed by atoms with Crippen LogP contribution in [0.4, 0.5) is 0 Å². The molecule has 0 radical (unpaired) electrons. The van der Waals surface area contributed by atoms with Crippen molar-refractivity contribution >= 4 is 43.9 Å². The van der Waals surface area contributed by atoms with Crippen LogP contribution >= 0.6 is 0 Å². The topological polar surface area (TPSA) is 26.3 Å². The smallest absolute Gasteiger partial charge is 0.136 e. The first-order valence-corrected chi connectivity index (χ1v) is 8.51. The first kappa shape index (κ1) is 13.7. The van der Waals surface area contributed by atoms with Crippen molar-refractivity contribution in [3.8, 4) is 0 Å². The van der Waals surface area contributed by atoms with Crippen LogP contribution < -0.4 is 0 Å². The molecule has 0 unspecified atom stereocenters. The molecule has 0 bridgehead atoms. The van der Waals surface area contributed by atoms with Crippen LogP contribution in [0.25, 0.3) is 43.9 Å². The molecule has 5 rings (SSSR count). The molecule has 2 nitrogen and oxygen atoms in total. The van der Waals surface area contributed by atoms with Gasteiger partial charge >= 0.3 is 0 Å². The van der Waals surface area contributed by atoms with E-state index in [1.807, 2.05) is 12.1 Å². The van der Waals surface area contributed by atoms with E-state index in [0.29, 0.717) is 0 Å². The molecule has 0 saturated heterocycles. The van der Waals surface area contributed by atoms with E-state index in [1.54, 1.807) is 0 Å². The van der Waals surface area contributed by atoms with Crippen LogP contribution in [0.2, 0.25) is 0 Å². The zero-order valence-electron chi connectivity index (χ0n) is 13.8. The molecule has 24 heavy (non-hydrogen) atoms. The maximum atomic E-state index is 6.10. The third-order valence-electron chi connectivity index (χ3n) is 4.83. The second-order valence-electron chi connectivity index (χ2n) is 6.60. The monoisotopic (exact) mass is 314 g/mol. The van der Waals surface area contributed by atoms with Crippen molar-refractivity contribution in [3.63, 3.8) is 0 Å². The zero-order chi connectivity index (χ0) is 16.3. The summed E-state index contributed by atoms with van der Waals surface area (Å²) in [6.45, 7) is 4.33. The Balaban J connectivity index is 2.00. The Morgan fingerprint density at radius 1 is 0.708 bits per heavy atom. The van der Waals surface area contributed by atoms with Crippen LogP contribution in [0.15, 0.2) is 57.4 Å². The Bertz CT molecular complexity index is 1220. The van der Waals surface area contributed by atoms with Crippen LogP contribution in [0, 0.1) is 6.92 Å². The van der Waals surface area contributed by atoms with Crippen molar-refractivity contribution < 1.29 is 8.83 Å². The Morgan fingerprint density at radius 2 is 1.29 bits per heavy atom. The average Bonchev–Trinajstić information content (AvgIpc) is 3.12. The normalized spacial score (nSPS) is 12.1. The molecule has 2 aromatic heterocycles. The van der Waals surface area contributed by atoms with Gasteiger partial charge in [0.25, 0.3) is 0 Å². The molecule has 3 aromatic carbocycles. The molecule has 0 atom stereocenters. The molecule has 0 amide bonds. The van der Waals surface area contributed by atoms with Gasteiger partial charge in [-0.15, -0.1) is 0 Å². The lowest BCUT2D eigenvalue weighted by atomic mass is 10.0. The molecule has 0 spiro atoms. The molecule has 5 aromatic rings. The van der Waals surface area contributed by atoms with E-state index in [4.69, 9.17) is 8.83 Å². The summed E-state index contributed by atoms with van der Waals surface area (Å²) < 4.78 is 12.2. The fraction of sp³-hybridized carbons (Fsp3) is 0.182. The van der Waals surface area contributed by atoms with Gasteiger partial charge in [0, 0.05) is 21.5 Å². The Labute approximate surface area is 139 Å². The number of furan rings is 2. The van der Waals surface area contributed by atoms with Crippen molar-refractivity contribution in [2.45, 2.75) is 26.7 Å². The van der Waals surface area contributed by atoms with Crippen molar-refractivity contribution in [2.75, 3.05) is 0 Å². The summed E-state index contributed by atoms with van der Waals surface area (Å²) in [4.78, 5) is 0. The number of hydrogen-bond donors (Lipinski definition) is 0. The minimum Gasteiger partial charge on any atom is -0.456 e. The van der Waals surface area contributed by atoms with Gasteiger partial charge in [0.2, 0.25) is 0 Å². The Hall–Kier alpha value is -2.74. The number of hydrogen-bond acceptors (Lipinski definition) is 2. The maximum Gasteiger partial charge on any atom is 0.136 e. The van der Waals surface area contributed by atoms with Crippen LogP contribution in [-0.4, -0.2) is 0 Å². The molecule has 2 heteroatoms. The summed E-state index contributed by atoms with van der Waals surface area (Å²) >= 11 is 0. The van der Waals surface area contributed by atoms with E-state index in [1.165, 1.54) is 32.7 Å². The standard InChI is InChI=1S/C22H18O2/c1-3-4-14-6-8-18-16(12-14)22-20(24-18)10-9-19-21(22)15-11-13(2)5-7-17(15)23-19/h5-12H,3-4H2,1-2H3. The van der Waals surface area contributed by atoms with Crippen molar-refractivity contribution in [1.82, 2.24) is 0 Å². The lowest BCUT2D eigenvalue weighted by Gasteiger charge is -1.99. The highest BCUT2D eigenvalue weighted by molar-refractivity contribution is 6.25. The quantitative estimate of drug-likeness (QED) is 0.360. The van der Waals surface area contributed by atoms with Crippen molar-refractivity contribution in [2.24, 2.45) is 0 Å². The molecule has 0 fully saturated rings. The molecular weight excluding hydrogens is 296 g/mol. The number of fused-ring (bicyclic) bond motifs is 7. The summed E-state index contributed by atoms with van der Waals surface area (Å²) in [6.07, 6.45) is 2.23. The zero-order valence-corrected chi connectivity index (χ0v) is 13.8. The SMILES string of the molecule is CCCc1ccc2oc3ccc4oc5ccc(C)cc5c4c3c2c1. The van der Waals surface area contributed by atoms with E-state index in [2.05, 4.69) is 50.2 Å². The minimum absolute atomic E-state index is 0.923. The van der Waals surface area contributed by atoms with Crippen molar-refractivity contribution in [1.29, 1.82) is 0 Å². The molecule has 0 aliphatic carbocycles. The van der Waals surface area contributed by atoms with Gasteiger partial charge in [-0.25, -0.2) is 0 Å². The minimum atomic E-state index is 0.923. The second kappa shape index (κ2) is 4.88. The summed E-state index contributed by atoms with van der Waals surface area (Å²) in [5, 5.41) is 4.69. The fourth-order valence-electron chi connectivity index (χ4n) is 3.74. The number of rotatable bonds is 2. The summed E-state index contributed by atoms with van der Waals surface area (Å²) in [7, 11) is 0. The molecule has 118 valence electrons. The van der Waals surface area contributed by atoms with E-state index in [0.717, 1.165) is 35.2 Å². The van der Waals surface area contributed by atoms with E-state index in [-0.39, 0.29) is 0 Å². The Morgan fingerprint density at radius 3 is 1.96 bits per heavy atom. The first-order chi connectivity index (χ1) is 11.7. The predicted molar refractivity (Wildman–Crippen MR) is 99.7 cm³/mol. The van der Waals surface area contributed by atoms with Gasteiger partial charge in [-0.3, -0.25) is 0 Å². The molecule has 0 aliphatic heterocycles. The van der Waals surface area contributed by atoms with Gasteiger partial charge < -0.3 is 8.83 Å². The molecular formula is C22H18O2. The van der Waals surface area contributed by atoms with Crippen LogP contribution in [0.5, 0.6) is 0 Å². The number of aryl methyl sites for hydroxylation is 2. The van der Waals surface area contributed by atoms with Gasteiger partial charge in [-0.1, -0.05) is 31.0 Å². The van der Waals surface area contributed by atoms with Gasteiger partial charge in [0.15, 0.2) is 0 Å². The largest absolute Gasteiger partial charge is 0.456 e. The van der Waals surface area contributed by atoms with Gasteiger partial charge in [-0.05, 0) is 55.3 Å². The highest BCUT2D eigenvalue weighted by Crippen LogP contribution is 2.40. The lowest BCUT2D eigenvalue weighted by molar-refractivity contribution is 0.662. The number of benzene rings is 3. The summed E-state index contributed by atoms with van der Waals surface area (Å²) in [6, 6.07) is 16.9. The molecule has 0 saturated carbocycles. The Kier molecular flexibility index (Phi) is 2.78. The molecule has 2 heterocycles. The molecule has 0 N–H and O–H groups in total. The average molecular weight is 314 g/mol. The van der Waals surface area contributed by atoms with E-state index >= 15 is 0 Å². The highest BCUT2D eigenvalue weighted by Gasteiger charge is 2.16. The van der Waals surface area contributed by atoms with Gasteiger partial charge in [0.1, 0.15) is 22.3 Å². The highest BCUT2D eigenvalue weighted by atomic mass is 16.3. The fourth-order valence-corrected chi connectivity index (χ4v) is 3.74. The van der Waals surface area contributed by atoms with Crippen LogP contribution in [-0.2, 0) is 6.42 Å². The summed E-state index contributed by atoms with van der Waals surface area (Å²) in [5.41, 5.74) is 6.32. The van der Waals surface area contributed by atoms with Gasteiger partial charge in [-0.2, -0.15) is 0 Å². The molecule has 0 aliphatic rings. The lowest BCUT2D eigenvalue weighted by Crippen LogP contribution is -1.81. The maximum absolute atomic E-state index is 6.10. The second-order valence-corrected chi connectivity index (χ2v) is 6.60. The summed E-state index contributed by atoms with van der Waals surface area (Å²) in [5.74, 6) is 0. The van der Waals surface area contributed by atoms with Crippen LogP contribution in [0.1, 0.15) is 24.5 Å². The van der Waals surface area contributed by atoms with E-state index < -0.39 is 0 Å². The van der Waals surface area contributed by atoms with E-state index in [9.17, 15) is 0 Å². The first-order valence-electron chi connectivity index (χ1n) is 8.51. The van der Waals surface area contributed by atoms with Gasteiger partial charge in [0.05, 0.1) is 0 Å². The van der Waals surface area contributed by atoms with Crippen molar-refractivity contribution in [3.05, 3.63) is 59.7 Å². The third kappa shape index (κ3) is 1.83.